The van der Waals surface area contributed by atoms with Gasteiger partial charge in [-0.05, 0) is 121 Å². The van der Waals surface area contributed by atoms with Crippen molar-refractivity contribution in [3.05, 3.63) is 49.7 Å². The molecule has 19 heteroatoms. The third-order valence-electron chi connectivity index (χ3n) is 5.54. The summed E-state index contributed by atoms with van der Waals surface area (Å²) in [5.41, 5.74) is -3.00. The second kappa shape index (κ2) is 14.9. The number of carbonyl (C=O) groups is 3. The van der Waals surface area contributed by atoms with Gasteiger partial charge in [0, 0.05) is 7.14 Å². The predicted molar refractivity (Wildman–Crippen MR) is 173 cm³/mol. The maximum absolute atomic E-state index is 13.5. The molecule has 0 fully saturated rings. The summed E-state index contributed by atoms with van der Waals surface area (Å²) in [6.07, 6.45) is -9.22. The lowest BCUT2D eigenvalue weighted by Crippen LogP contribution is -2.48. The van der Waals surface area contributed by atoms with E-state index in [9.17, 15) is 46.2 Å². The van der Waals surface area contributed by atoms with Crippen LogP contribution in [-0.4, -0.2) is 72.3 Å². The topological polar surface area (TPSA) is 174 Å². The van der Waals surface area contributed by atoms with Crippen LogP contribution in [0.25, 0.3) is 0 Å². The van der Waals surface area contributed by atoms with E-state index in [0.29, 0.717) is 7.14 Å². The van der Waals surface area contributed by atoms with E-state index in [4.69, 9.17) is 14.0 Å². The number of rotatable bonds is 11. The first-order valence-corrected chi connectivity index (χ1v) is 17.1. The molecule has 3 N–H and O–H groups in total. The molecule has 0 aromatic heterocycles. The summed E-state index contributed by atoms with van der Waals surface area (Å²) in [6.45, 7) is -0.809. The molecule has 0 heterocycles. The van der Waals surface area contributed by atoms with Gasteiger partial charge in [-0.2, -0.15) is 21.6 Å². The minimum Gasteiger partial charge on any atom is -0.506 e. The molecule has 0 aliphatic heterocycles. The molecule has 232 valence electrons. The number of hydrogen-bond donors (Lipinski definition) is 3. The highest BCUT2D eigenvalue weighted by molar-refractivity contribution is 14.1. The molecule has 1 atom stereocenters. The van der Waals surface area contributed by atoms with Crippen LogP contribution in [-0.2, 0) is 29.1 Å². The van der Waals surface area contributed by atoms with Crippen molar-refractivity contribution >= 4 is 118 Å². The summed E-state index contributed by atoms with van der Waals surface area (Å²) >= 11 is 7.20. The summed E-state index contributed by atoms with van der Waals surface area (Å²) in [7, 11) is -5.28. The van der Waals surface area contributed by atoms with Crippen molar-refractivity contribution in [3.8, 4) is 11.5 Å². The number of phenols is 2. The maximum Gasteiger partial charge on any atom is 0.426 e. The Balaban J connectivity index is 2.47. The fourth-order valence-electron chi connectivity index (χ4n) is 3.15. The zero-order valence-electron chi connectivity index (χ0n) is 20.9. The van der Waals surface area contributed by atoms with Crippen molar-refractivity contribution in [3.63, 3.8) is 0 Å². The Bertz CT molecular complexity index is 1410. The van der Waals surface area contributed by atoms with Gasteiger partial charge in [0.25, 0.3) is 10.1 Å². The Morgan fingerprint density at radius 1 is 0.857 bits per heavy atom. The molecule has 0 spiro atoms. The molecule has 0 bridgehead atoms. The zero-order valence-corrected chi connectivity index (χ0v) is 30.3. The van der Waals surface area contributed by atoms with Gasteiger partial charge in [0.15, 0.2) is 0 Å². The van der Waals surface area contributed by atoms with Crippen LogP contribution >= 0.6 is 90.4 Å². The Hall–Kier alpha value is -0.930. The first kappa shape index (κ1) is 37.3. The minimum absolute atomic E-state index is 0.270. The van der Waals surface area contributed by atoms with E-state index in [2.05, 4.69) is 4.74 Å². The van der Waals surface area contributed by atoms with E-state index in [0.717, 1.165) is 0 Å². The molecule has 42 heavy (non-hydrogen) atoms. The Labute approximate surface area is 291 Å². The zero-order chi connectivity index (χ0) is 32.2. The normalized spacial score (nSPS) is 12.9. The fraction of sp³-hybridized carbons (Fsp3) is 0.348. The lowest BCUT2D eigenvalue weighted by atomic mass is 9.86. The average molecular weight is 1070 g/mol. The number of hydrogen-bond acceptors (Lipinski definition) is 10. The van der Waals surface area contributed by atoms with Crippen LogP contribution in [0, 0.1) is 19.7 Å². The number of benzene rings is 2. The minimum atomic E-state index is -5.44. The standard InChI is InChI=1S/C23H19F3I4O11S/c1-2-22(21(35)41-16(23(24,25)26)7-42(36,37)38,8-39-19(33)12-3-10(27)5-14(29)17(12)31)9-40-20(34)13-4-11(28)6-15(30)18(13)32/h3-6,16,31-32H,2,7-9H2,1H3,(H,36,37,38). The molecular weight excluding hydrogens is 1050 g/mol. The fourth-order valence-corrected chi connectivity index (χ4v) is 7.48. The van der Waals surface area contributed by atoms with Gasteiger partial charge in [0.05, 0.1) is 7.14 Å². The van der Waals surface area contributed by atoms with Crippen LogP contribution in [0.5, 0.6) is 11.5 Å². The quantitative estimate of drug-likeness (QED) is 0.116. The summed E-state index contributed by atoms with van der Waals surface area (Å²) in [5, 5.41) is 20.5. The molecule has 2 aromatic carbocycles. The Morgan fingerprint density at radius 3 is 1.60 bits per heavy atom. The van der Waals surface area contributed by atoms with Crippen LogP contribution in [0.2, 0.25) is 0 Å². The largest absolute Gasteiger partial charge is 0.506 e. The average Bonchev–Trinajstić information content (AvgIpc) is 2.86. The van der Waals surface area contributed by atoms with E-state index in [-0.39, 0.29) is 18.3 Å². The maximum atomic E-state index is 13.5. The van der Waals surface area contributed by atoms with Gasteiger partial charge >= 0.3 is 24.1 Å². The van der Waals surface area contributed by atoms with Crippen molar-refractivity contribution in [2.75, 3.05) is 19.0 Å². The van der Waals surface area contributed by atoms with Gasteiger partial charge in [0.1, 0.15) is 47.0 Å². The number of esters is 3. The third kappa shape index (κ3) is 10.0. The van der Waals surface area contributed by atoms with E-state index < -0.39 is 82.6 Å². The van der Waals surface area contributed by atoms with Gasteiger partial charge < -0.3 is 24.4 Å². The SMILES string of the molecule is CCC(COC(=O)c1cc(I)cc(I)c1O)(COC(=O)c1cc(I)cc(I)c1O)C(=O)OC(CS(=O)(=O)O)C(F)(F)F. The van der Waals surface area contributed by atoms with Crippen molar-refractivity contribution in [2.24, 2.45) is 5.41 Å². The van der Waals surface area contributed by atoms with Gasteiger partial charge in [-0.1, -0.05) is 6.92 Å². The molecule has 0 saturated carbocycles. The summed E-state index contributed by atoms with van der Waals surface area (Å²) < 4.78 is 88.3. The molecule has 2 aromatic rings. The Kier molecular flexibility index (Phi) is 13.2. The van der Waals surface area contributed by atoms with E-state index in [1.165, 1.54) is 31.2 Å². The van der Waals surface area contributed by atoms with Gasteiger partial charge in [-0.15, -0.1) is 0 Å². The molecule has 0 saturated heterocycles. The van der Waals surface area contributed by atoms with Crippen molar-refractivity contribution in [1.82, 2.24) is 0 Å². The number of phenolic OH excluding ortho intramolecular Hbond substituents is 2. The van der Waals surface area contributed by atoms with Gasteiger partial charge in [-0.3, -0.25) is 9.35 Å². The molecule has 0 aliphatic carbocycles. The summed E-state index contributed by atoms with van der Waals surface area (Å²) in [5.74, 6) is -7.09. The lowest BCUT2D eigenvalue weighted by Gasteiger charge is -2.31. The molecule has 2 rings (SSSR count). The highest BCUT2D eigenvalue weighted by Gasteiger charge is 2.50. The van der Waals surface area contributed by atoms with Crippen LogP contribution < -0.4 is 0 Å². The Morgan fingerprint density at radius 2 is 1.26 bits per heavy atom. The molecule has 11 nitrogen and oxygen atoms in total. The highest BCUT2D eigenvalue weighted by Crippen LogP contribution is 2.34. The number of carbonyl (C=O) groups excluding carboxylic acids is 3. The second-order valence-corrected chi connectivity index (χ2v) is 14.9. The highest BCUT2D eigenvalue weighted by atomic mass is 127. The smallest absolute Gasteiger partial charge is 0.426 e. The summed E-state index contributed by atoms with van der Waals surface area (Å²) in [4.78, 5) is 38.9. The van der Waals surface area contributed by atoms with Crippen LogP contribution in [0.4, 0.5) is 13.2 Å². The van der Waals surface area contributed by atoms with Crippen LogP contribution in [0.15, 0.2) is 24.3 Å². The monoisotopic (exact) mass is 1070 g/mol. The summed E-state index contributed by atoms with van der Waals surface area (Å²) in [6, 6.07) is 5.57. The molecular formula is C23H19F3I4O11S. The van der Waals surface area contributed by atoms with E-state index in [1.54, 1.807) is 45.2 Å². The first-order valence-electron chi connectivity index (χ1n) is 11.1. The van der Waals surface area contributed by atoms with E-state index >= 15 is 0 Å². The predicted octanol–water partition coefficient (Wildman–Crippen LogP) is 5.29. The van der Waals surface area contributed by atoms with Crippen molar-refractivity contribution in [1.29, 1.82) is 0 Å². The van der Waals surface area contributed by atoms with Gasteiger partial charge in [0.2, 0.25) is 6.10 Å². The molecule has 0 amide bonds. The van der Waals surface area contributed by atoms with Crippen molar-refractivity contribution in [2.45, 2.75) is 25.6 Å². The lowest BCUT2D eigenvalue weighted by molar-refractivity contribution is -0.223. The van der Waals surface area contributed by atoms with Crippen LogP contribution in [0.1, 0.15) is 34.1 Å². The van der Waals surface area contributed by atoms with Gasteiger partial charge in [-0.25, -0.2) is 9.59 Å². The number of aromatic hydroxyl groups is 2. The third-order valence-corrected chi connectivity index (χ3v) is 9.16. The van der Waals surface area contributed by atoms with Crippen molar-refractivity contribution < 1.29 is 64.9 Å². The number of alkyl halides is 3. The molecule has 0 radical (unpaired) electrons. The van der Waals surface area contributed by atoms with Crippen LogP contribution in [0.3, 0.4) is 0 Å². The first-order chi connectivity index (χ1) is 19.2. The van der Waals surface area contributed by atoms with E-state index in [1.807, 2.05) is 45.2 Å². The second-order valence-electron chi connectivity index (χ2n) is 8.54. The molecule has 1 unspecified atom stereocenters. The molecule has 0 aliphatic rings. The number of ether oxygens (including phenoxy) is 3. The number of halogens is 7.